The Labute approximate surface area is 151 Å². The average molecular weight is 358 g/mol. The summed E-state index contributed by atoms with van der Waals surface area (Å²) in [5.41, 5.74) is 0. The van der Waals surface area contributed by atoms with E-state index in [0.29, 0.717) is 43.2 Å². The van der Waals surface area contributed by atoms with Gasteiger partial charge in [0.05, 0.1) is 13.4 Å². The molecule has 1 N–H and O–H groups in total. The van der Waals surface area contributed by atoms with Crippen LogP contribution in [0.25, 0.3) is 0 Å². The van der Waals surface area contributed by atoms with Gasteiger partial charge in [0.1, 0.15) is 0 Å². The molecule has 1 fully saturated rings. The van der Waals surface area contributed by atoms with Gasteiger partial charge in [-0.25, -0.2) is 0 Å². The lowest BCUT2D eigenvalue weighted by molar-refractivity contribution is -0.124. The molecule has 1 aliphatic heterocycles. The molecule has 2 aromatic rings. The molecule has 0 radical (unpaired) electrons. The highest BCUT2D eigenvalue weighted by Gasteiger charge is 2.25. The van der Waals surface area contributed by atoms with Crippen LogP contribution < -0.4 is 14.8 Å². The Morgan fingerprint density at radius 2 is 1.88 bits per heavy atom. The van der Waals surface area contributed by atoms with E-state index in [9.17, 15) is 9.59 Å². The molecule has 2 amide bonds. The van der Waals surface area contributed by atoms with Crippen molar-refractivity contribution in [2.45, 2.75) is 18.9 Å². The Morgan fingerprint density at radius 1 is 1.15 bits per heavy atom. The van der Waals surface area contributed by atoms with Crippen LogP contribution in [0, 0.1) is 0 Å². The lowest BCUT2D eigenvalue weighted by atomic mass is 10.0. The molecule has 1 aromatic heterocycles. The standard InChI is InChI=1S/C19H22N2O5/c1-24-15-5-2-3-6-16(15)26-13-18(22)20-14-8-10-21(11-9-14)19(23)17-7-4-12-25-17/h2-7,12,14H,8-11,13H2,1H3,(H,20,22). The number of piperidine rings is 1. The molecule has 0 bridgehead atoms. The number of methoxy groups -OCH3 is 1. The molecule has 3 rings (SSSR count). The fraction of sp³-hybridized carbons (Fsp3) is 0.368. The van der Waals surface area contributed by atoms with E-state index in [0.717, 1.165) is 0 Å². The van der Waals surface area contributed by atoms with Crippen LogP contribution in [0.3, 0.4) is 0 Å². The largest absolute Gasteiger partial charge is 0.493 e. The summed E-state index contributed by atoms with van der Waals surface area (Å²) >= 11 is 0. The lowest BCUT2D eigenvalue weighted by Crippen LogP contribution is -2.47. The van der Waals surface area contributed by atoms with Crippen LogP contribution in [0.2, 0.25) is 0 Å². The van der Waals surface area contributed by atoms with Gasteiger partial charge in [-0.05, 0) is 37.1 Å². The van der Waals surface area contributed by atoms with Crippen molar-refractivity contribution in [1.82, 2.24) is 10.2 Å². The number of carbonyl (C=O) groups is 2. The van der Waals surface area contributed by atoms with Crippen LogP contribution in [0.5, 0.6) is 11.5 Å². The number of benzene rings is 1. The number of carbonyl (C=O) groups excluding carboxylic acids is 2. The van der Waals surface area contributed by atoms with Crippen molar-refractivity contribution in [3.63, 3.8) is 0 Å². The maximum Gasteiger partial charge on any atom is 0.289 e. The normalized spacial score (nSPS) is 14.7. The molecule has 0 atom stereocenters. The summed E-state index contributed by atoms with van der Waals surface area (Å²) in [4.78, 5) is 26.1. The molecule has 1 aromatic carbocycles. The second kappa shape index (κ2) is 8.42. The zero-order valence-electron chi connectivity index (χ0n) is 14.6. The SMILES string of the molecule is COc1ccccc1OCC(=O)NC1CCN(C(=O)c2ccco2)CC1. The third-order valence-corrected chi connectivity index (χ3v) is 4.31. The summed E-state index contributed by atoms with van der Waals surface area (Å²) in [6.07, 6.45) is 2.89. The highest BCUT2D eigenvalue weighted by atomic mass is 16.5. The monoisotopic (exact) mass is 358 g/mol. The minimum Gasteiger partial charge on any atom is -0.493 e. The molecule has 0 saturated carbocycles. The predicted octanol–water partition coefficient (Wildman–Crippen LogP) is 2.09. The highest BCUT2D eigenvalue weighted by molar-refractivity contribution is 5.91. The van der Waals surface area contributed by atoms with Crippen LogP contribution in [0.4, 0.5) is 0 Å². The Bertz CT molecular complexity index is 736. The zero-order chi connectivity index (χ0) is 18.4. The van der Waals surface area contributed by atoms with Gasteiger partial charge in [0, 0.05) is 19.1 Å². The quantitative estimate of drug-likeness (QED) is 0.855. The fourth-order valence-electron chi connectivity index (χ4n) is 2.93. The molecule has 0 aliphatic carbocycles. The summed E-state index contributed by atoms with van der Waals surface area (Å²) < 4.78 is 15.9. The summed E-state index contributed by atoms with van der Waals surface area (Å²) in [6.45, 7) is 1.08. The Hall–Kier alpha value is -2.96. The van der Waals surface area contributed by atoms with Crippen LogP contribution in [-0.4, -0.2) is 49.6 Å². The van der Waals surface area contributed by atoms with Gasteiger partial charge in [-0.15, -0.1) is 0 Å². The smallest absolute Gasteiger partial charge is 0.289 e. The third kappa shape index (κ3) is 4.36. The number of hydrogen-bond donors (Lipinski definition) is 1. The molecule has 7 nitrogen and oxygen atoms in total. The predicted molar refractivity (Wildman–Crippen MR) is 94.3 cm³/mol. The van der Waals surface area contributed by atoms with Crippen molar-refractivity contribution in [2.75, 3.05) is 26.8 Å². The van der Waals surface area contributed by atoms with Gasteiger partial charge < -0.3 is 24.1 Å². The second-order valence-electron chi connectivity index (χ2n) is 6.05. The molecular formula is C19H22N2O5. The van der Waals surface area contributed by atoms with E-state index in [-0.39, 0.29) is 24.5 Å². The summed E-state index contributed by atoms with van der Waals surface area (Å²) in [7, 11) is 1.56. The number of nitrogens with one attached hydrogen (secondary N) is 1. The molecule has 1 saturated heterocycles. The molecule has 138 valence electrons. The van der Waals surface area contributed by atoms with Crippen LogP contribution in [-0.2, 0) is 4.79 Å². The second-order valence-corrected chi connectivity index (χ2v) is 6.05. The van der Waals surface area contributed by atoms with Crippen LogP contribution >= 0.6 is 0 Å². The number of ether oxygens (including phenoxy) is 2. The summed E-state index contributed by atoms with van der Waals surface area (Å²) in [6, 6.07) is 10.6. The Balaban J connectivity index is 1.43. The van der Waals surface area contributed by atoms with E-state index in [1.54, 1.807) is 36.3 Å². The Morgan fingerprint density at radius 3 is 2.54 bits per heavy atom. The summed E-state index contributed by atoms with van der Waals surface area (Å²) in [5.74, 6) is 1.16. The molecule has 2 heterocycles. The van der Waals surface area contributed by atoms with Gasteiger partial charge in [0.25, 0.3) is 11.8 Å². The van der Waals surface area contributed by atoms with Crippen molar-refractivity contribution in [3.8, 4) is 11.5 Å². The van der Waals surface area contributed by atoms with E-state index in [4.69, 9.17) is 13.9 Å². The van der Waals surface area contributed by atoms with Gasteiger partial charge in [-0.2, -0.15) is 0 Å². The van der Waals surface area contributed by atoms with Crippen molar-refractivity contribution >= 4 is 11.8 Å². The van der Waals surface area contributed by atoms with E-state index >= 15 is 0 Å². The van der Waals surface area contributed by atoms with Crippen molar-refractivity contribution < 1.29 is 23.5 Å². The van der Waals surface area contributed by atoms with E-state index in [1.165, 1.54) is 6.26 Å². The number of hydrogen-bond acceptors (Lipinski definition) is 5. The van der Waals surface area contributed by atoms with Gasteiger partial charge >= 0.3 is 0 Å². The Kier molecular flexibility index (Phi) is 5.78. The summed E-state index contributed by atoms with van der Waals surface area (Å²) in [5, 5.41) is 2.95. The number of furan rings is 1. The minimum atomic E-state index is -0.188. The highest BCUT2D eigenvalue weighted by Crippen LogP contribution is 2.25. The topological polar surface area (TPSA) is 81.0 Å². The molecule has 7 heteroatoms. The van der Waals surface area contributed by atoms with Crippen molar-refractivity contribution in [1.29, 1.82) is 0 Å². The van der Waals surface area contributed by atoms with Crippen LogP contribution in [0.15, 0.2) is 47.1 Å². The van der Waals surface area contributed by atoms with Gasteiger partial charge in [-0.3, -0.25) is 9.59 Å². The van der Waals surface area contributed by atoms with E-state index in [1.807, 2.05) is 12.1 Å². The first-order valence-corrected chi connectivity index (χ1v) is 8.55. The first kappa shape index (κ1) is 17.8. The van der Waals surface area contributed by atoms with Gasteiger partial charge in [-0.1, -0.05) is 12.1 Å². The minimum absolute atomic E-state index is 0.0319. The number of para-hydroxylation sites is 2. The average Bonchev–Trinajstić information content (AvgIpc) is 3.21. The first-order chi connectivity index (χ1) is 12.7. The first-order valence-electron chi connectivity index (χ1n) is 8.55. The molecular weight excluding hydrogens is 336 g/mol. The maximum atomic E-state index is 12.2. The van der Waals surface area contributed by atoms with Gasteiger partial charge in [0.15, 0.2) is 23.9 Å². The number of likely N-dealkylation sites (tertiary alicyclic amines) is 1. The molecule has 1 aliphatic rings. The van der Waals surface area contributed by atoms with Crippen LogP contribution in [0.1, 0.15) is 23.4 Å². The van der Waals surface area contributed by atoms with Gasteiger partial charge in [0.2, 0.25) is 0 Å². The lowest BCUT2D eigenvalue weighted by Gasteiger charge is -2.31. The third-order valence-electron chi connectivity index (χ3n) is 4.31. The van der Waals surface area contributed by atoms with E-state index in [2.05, 4.69) is 5.32 Å². The van der Waals surface area contributed by atoms with Crippen molar-refractivity contribution in [2.24, 2.45) is 0 Å². The number of amides is 2. The zero-order valence-corrected chi connectivity index (χ0v) is 14.6. The van der Waals surface area contributed by atoms with Crippen molar-refractivity contribution in [3.05, 3.63) is 48.4 Å². The number of nitrogens with zero attached hydrogens (tertiary/aromatic N) is 1. The fourth-order valence-corrected chi connectivity index (χ4v) is 2.93. The number of rotatable bonds is 6. The maximum absolute atomic E-state index is 12.2. The molecule has 0 spiro atoms. The van der Waals surface area contributed by atoms with E-state index < -0.39 is 0 Å². The molecule has 0 unspecified atom stereocenters. The molecule has 26 heavy (non-hydrogen) atoms.